The van der Waals surface area contributed by atoms with Gasteiger partial charge in [-0.2, -0.15) is 0 Å². The van der Waals surface area contributed by atoms with Crippen molar-refractivity contribution in [3.8, 4) is 0 Å². The number of rotatable bonds is 3. The number of benzene rings is 2. The Morgan fingerprint density at radius 3 is 2.71 bits per heavy atom. The lowest BCUT2D eigenvalue weighted by Gasteiger charge is -2.17. The Balaban J connectivity index is 1.86. The molecule has 0 bridgehead atoms. The van der Waals surface area contributed by atoms with Gasteiger partial charge in [-0.25, -0.2) is 4.98 Å². The highest BCUT2D eigenvalue weighted by atomic mass is 79.9. The van der Waals surface area contributed by atoms with Gasteiger partial charge in [-0.15, -0.1) is 11.3 Å². The van der Waals surface area contributed by atoms with Gasteiger partial charge in [0.15, 0.2) is 0 Å². The zero-order valence-corrected chi connectivity index (χ0v) is 15.6. The molecule has 0 aliphatic rings. The third kappa shape index (κ3) is 3.30. The summed E-state index contributed by atoms with van der Waals surface area (Å²) in [5.74, 6) is 0. The molecule has 0 amide bonds. The molecule has 0 spiro atoms. The van der Waals surface area contributed by atoms with Crippen LogP contribution in [0.3, 0.4) is 0 Å². The molecule has 21 heavy (non-hydrogen) atoms. The molecule has 3 aromatic rings. The van der Waals surface area contributed by atoms with Crippen LogP contribution in [0, 0.1) is 6.92 Å². The van der Waals surface area contributed by atoms with E-state index in [1.807, 2.05) is 6.92 Å². The zero-order chi connectivity index (χ0) is 15.0. The number of aromatic nitrogens is 1. The van der Waals surface area contributed by atoms with Crippen molar-refractivity contribution in [1.82, 2.24) is 4.98 Å². The van der Waals surface area contributed by atoms with Crippen LogP contribution in [0.4, 0.5) is 5.69 Å². The van der Waals surface area contributed by atoms with Gasteiger partial charge in [0.05, 0.1) is 15.2 Å². The van der Waals surface area contributed by atoms with Crippen LogP contribution < -0.4 is 5.32 Å². The fraction of sp³-hybridized carbons (Fsp3) is 0.188. The highest BCUT2D eigenvalue weighted by molar-refractivity contribution is 9.11. The van der Waals surface area contributed by atoms with Crippen LogP contribution in [-0.4, -0.2) is 4.98 Å². The lowest BCUT2D eigenvalue weighted by Crippen LogP contribution is -2.07. The summed E-state index contributed by atoms with van der Waals surface area (Å²) in [7, 11) is 0. The third-order valence-electron chi connectivity index (χ3n) is 3.31. The maximum atomic E-state index is 4.49. The van der Waals surface area contributed by atoms with Crippen molar-refractivity contribution in [2.24, 2.45) is 0 Å². The lowest BCUT2D eigenvalue weighted by atomic mass is 10.1. The quantitative estimate of drug-likeness (QED) is 0.532. The lowest BCUT2D eigenvalue weighted by molar-refractivity contribution is 0.879. The van der Waals surface area contributed by atoms with Crippen molar-refractivity contribution >= 4 is 59.1 Å². The van der Waals surface area contributed by atoms with Gasteiger partial charge in [-0.3, -0.25) is 0 Å². The number of anilines is 1. The second kappa shape index (κ2) is 6.07. The second-order valence-corrected chi connectivity index (χ2v) is 7.95. The predicted molar refractivity (Wildman–Crippen MR) is 98.2 cm³/mol. The molecule has 0 saturated heterocycles. The van der Waals surface area contributed by atoms with E-state index in [2.05, 4.69) is 85.5 Å². The molecule has 0 radical (unpaired) electrons. The molecule has 5 heteroatoms. The van der Waals surface area contributed by atoms with Gasteiger partial charge < -0.3 is 5.32 Å². The van der Waals surface area contributed by atoms with Crippen LogP contribution in [-0.2, 0) is 0 Å². The Kier molecular flexibility index (Phi) is 4.33. The monoisotopic (exact) mass is 424 g/mol. The topological polar surface area (TPSA) is 24.9 Å². The number of halogens is 2. The number of fused-ring (bicyclic) bond motifs is 1. The summed E-state index contributed by atoms with van der Waals surface area (Å²) in [5, 5.41) is 4.66. The summed E-state index contributed by atoms with van der Waals surface area (Å²) in [6, 6.07) is 12.8. The minimum atomic E-state index is 0.221. The largest absolute Gasteiger partial charge is 0.378 e. The van der Waals surface area contributed by atoms with E-state index in [-0.39, 0.29) is 6.04 Å². The van der Waals surface area contributed by atoms with Gasteiger partial charge in [0.2, 0.25) is 0 Å². The van der Waals surface area contributed by atoms with Crippen LogP contribution in [0.15, 0.2) is 45.3 Å². The molecular weight excluding hydrogens is 412 g/mol. The SMILES string of the molecule is Cc1nc2ccc(NC(C)c3ccc(Br)cc3Br)cc2s1. The summed E-state index contributed by atoms with van der Waals surface area (Å²) >= 11 is 8.84. The fourth-order valence-corrected chi connectivity index (χ4v) is 4.57. The van der Waals surface area contributed by atoms with Crippen LogP contribution in [0.25, 0.3) is 10.2 Å². The Labute approximate surface area is 144 Å². The normalized spacial score (nSPS) is 12.6. The summed E-state index contributed by atoms with van der Waals surface area (Å²) in [6.45, 7) is 4.20. The standard InChI is InChI=1S/C16H14Br2N2S/c1-9(13-5-3-11(17)7-14(13)18)19-12-4-6-15-16(8-12)21-10(2)20-15/h3-9,19H,1-2H3. The molecule has 0 fully saturated rings. The van der Waals surface area contributed by atoms with E-state index in [0.717, 1.165) is 25.2 Å². The molecule has 1 heterocycles. The van der Waals surface area contributed by atoms with Crippen LogP contribution >= 0.6 is 43.2 Å². The summed E-state index contributed by atoms with van der Waals surface area (Å²) in [4.78, 5) is 4.49. The molecule has 108 valence electrons. The van der Waals surface area contributed by atoms with Gasteiger partial charge in [0, 0.05) is 20.7 Å². The Bertz CT molecular complexity index is 798. The van der Waals surface area contributed by atoms with Gasteiger partial charge in [-0.1, -0.05) is 37.9 Å². The Hall–Kier alpha value is -0.910. The van der Waals surface area contributed by atoms with E-state index in [9.17, 15) is 0 Å². The highest BCUT2D eigenvalue weighted by Gasteiger charge is 2.10. The van der Waals surface area contributed by atoms with Gasteiger partial charge in [0.1, 0.15) is 0 Å². The Morgan fingerprint density at radius 1 is 1.14 bits per heavy atom. The highest BCUT2D eigenvalue weighted by Crippen LogP contribution is 2.30. The average molecular weight is 426 g/mol. The molecule has 1 atom stereocenters. The molecule has 1 aromatic heterocycles. The van der Waals surface area contributed by atoms with Crippen molar-refractivity contribution < 1.29 is 0 Å². The van der Waals surface area contributed by atoms with E-state index in [0.29, 0.717) is 0 Å². The fourth-order valence-electron chi connectivity index (χ4n) is 2.31. The molecule has 1 unspecified atom stereocenters. The van der Waals surface area contributed by atoms with Gasteiger partial charge >= 0.3 is 0 Å². The molecule has 1 N–H and O–H groups in total. The number of hydrogen-bond donors (Lipinski definition) is 1. The zero-order valence-electron chi connectivity index (χ0n) is 11.7. The summed E-state index contributed by atoms with van der Waals surface area (Å²) in [6.07, 6.45) is 0. The summed E-state index contributed by atoms with van der Waals surface area (Å²) in [5.41, 5.74) is 3.42. The van der Waals surface area contributed by atoms with E-state index < -0.39 is 0 Å². The molecular formula is C16H14Br2N2S. The second-order valence-electron chi connectivity index (χ2n) is 4.95. The first-order valence-electron chi connectivity index (χ1n) is 6.61. The number of thiazole rings is 1. The van der Waals surface area contributed by atoms with Gasteiger partial charge in [0.25, 0.3) is 0 Å². The maximum absolute atomic E-state index is 4.49. The van der Waals surface area contributed by atoms with Crippen molar-refractivity contribution in [2.45, 2.75) is 19.9 Å². The predicted octanol–water partition coefficient (Wildman–Crippen LogP) is 6.30. The smallest absolute Gasteiger partial charge is 0.0907 e. The third-order valence-corrected chi connectivity index (χ3v) is 5.42. The van der Waals surface area contributed by atoms with Crippen LogP contribution in [0.1, 0.15) is 23.5 Å². The van der Waals surface area contributed by atoms with Crippen molar-refractivity contribution in [3.63, 3.8) is 0 Å². The molecule has 0 aliphatic heterocycles. The number of aryl methyl sites for hydroxylation is 1. The van der Waals surface area contributed by atoms with Crippen molar-refractivity contribution in [2.75, 3.05) is 5.32 Å². The minimum absolute atomic E-state index is 0.221. The number of hydrogen-bond acceptors (Lipinski definition) is 3. The average Bonchev–Trinajstić information content (AvgIpc) is 2.77. The molecule has 2 aromatic carbocycles. The van der Waals surface area contributed by atoms with E-state index >= 15 is 0 Å². The van der Waals surface area contributed by atoms with E-state index in [4.69, 9.17) is 0 Å². The van der Waals surface area contributed by atoms with Crippen molar-refractivity contribution in [1.29, 1.82) is 0 Å². The first-order chi connectivity index (χ1) is 10.0. The number of nitrogens with zero attached hydrogens (tertiary/aromatic N) is 1. The van der Waals surface area contributed by atoms with Crippen LogP contribution in [0.5, 0.6) is 0 Å². The van der Waals surface area contributed by atoms with Gasteiger partial charge in [-0.05, 0) is 49.7 Å². The first-order valence-corrected chi connectivity index (χ1v) is 9.02. The Morgan fingerprint density at radius 2 is 1.95 bits per heavy atom. The molecule has 2 nitrogen and oxygen atoms in total. The van der Waals surface area contributed by atoms with E-state index in [1.54, 1.807) is 11.3 Å². The maximum Gasteiger partial charge on any atom is 0.0907 e. The minimum Gasteiger partial charge on any atom is -0.378 e. The van der Waals surface area contributed by atoms with Crippen LogP contribution in [0.2, 0.25) is 0 Å². The molecule has 3 rings (SSSR count). The first kappa shape index (κ1) is 15.0. The number of nitrogens with one attached hydrogen (secondary N) is 1. The van der Waals surface area contributed by atoms with E-state index in [1.165, 1.54) is 10.3 Å². The molecule has 0 aliphatic carbocycles. The van der Waals surface area contributed by atoms with Crippen molar-refractivity contribution in [3.05, 3.63) is 55.9 Å². The summed E-state index contributed by atoms with van der Waals surface area (Å²) < 4.78 is 3.40. The molecule has 0 saturated carbocycles.